The molecular formula is C14H31Cl2N3O. The lowest BCUT2D eigenvalue weighted by atomic mass is 9.98. The van der Waals surface area contributed by atoms with Gasteiger partial charge in [0.25, 0.3) is 0 Å². The zero-order chi connectivity index (χ0) is 13.5. The molecule has 2 unspecified atom stereocenters. The molecule has 1 amide bonds. The van der Waals surface area contributed by atoms with Gasteiger partial charge in [0.2, 0.25) is 5.91 Å². The fraction of sp³-hybridized carbons (Fsp3) is 0.929. The Morgan fingerprint density at radius 3 is 2.25 bits per heavy atom. The van der Waals surface area contributed by atoms with Gasteiger partial charge >= 0.3 is 0 Å². The Kier molecular flexibility index (Phi) is 12.9. The van der Waals surface area contributed by atoms with Crippen molar-refractivity contribution in [2.24, 2.45) is 11.8 Å². The maximum Gasteiger partial charge on any atom is 0.224 e. The summed E-state index contributed by atoms with van der Waals surface area (Å²) in [5.41, 5.74) is 0. The van der Waals surface area contributed by atoms with Gasteiger partial charge in [0, 0.05) is 25.0 Å². The molecule has 6 heteroatoms. The average molecular weight is 328 g/mol. The highest BCUT2D eigenvalue weighted by Gasteiger charge is 2.21. The highest BCUT2D eigenvalue weighted by molar-refractivity contribution is 5.85. The fourth-order valence-corrected chi connectivity index (χ4v) is 2.42. The Balaban J connectivity index is 0. The van der Waals surface area contributed by atoms with Gasteiger partial charge < -0.3 is 10.6 Å². The first kappa shape index (κ1) is 22.3. The van der Waals surface area contributed by atoms with E-state index in [1.807, 2.05) is 14.0 Å². The summed E-state index contributed by atoms with van der Waals surface area (Å²) in [6, 6.07) is 0.447. The number of piperidine rings is 1. The number of hydrogen-bond acceptors (Lipinski definition) is 3. The molecule has 0 spiro atoms. The van der Waals surface area contributed by atoms with Crippen molar-refractivity contribution in [3.8, 4) is 0 Å². The van der Waals surface area contributed by atoms with Crippen LogP contribution in [0, 0.1) is 11.8 Å². The molecule has 0 aromatic heterocycles. The number of amides is 1. The van der Waals surface area contributed by atoms with E-state index in [0.717, 1.165) is 19.0 Å². The standard InChI is InChI=1S/C14H29N3O.2ClH/c1-11-5-7-17(8-6-11)13(3)10-16-14(18)12(2)9-15-4;;/h11-13,15H,5-10H2,1-4H3,(H,16,18);2*1H. The van der Waals surface area contributed by atoms with E-state index in [1.54, 1.807) is 0 Å². The van der Waals surface area contributed by atoms with Gasteiger partial charge in [-0.05, 0) is 45.8 Å². The van der Waals surface area contributed by atoms with E-state index < -0.39 is 0 Å². The van der Waals surface area contributed by atoms with Crippen molar-refractivity contribution >= 4 is 30.7 Å². The Morgan fingerprint density at radius 1 is 1.20 bits per heavy atom. The van der Waals surface area contributed by atoms with Gasteiger partial charge in [-0.3, -0.25) is 9.69 Å². The van der Waals surface area contributed by atoms with E-state index in [4.69, 9.17) is 0 Å². The molecule has 2 N–H and O–H groups in total. The van der Waals surface area contributed by atoms with Gasteiger partial charge in [-0.25, -0.2) is 0 Å². The van der Waals surface area contributed by atoms with Crippen LogP contribution in [0.15, 0.2) is 0 Å². The lowest BCUT2D eigenvalue weighted by Crippen LogP contribution is -2.46. The average Bonchev–Trinajstić information content (AvgIpc) is 2.36. The number of hydrogen-bond donors (Lipinski definition) is 2. The summed E-state index contributed by atoms with van der Waals surface area (Å²) in [4.78, 5) is 14.3. The lowest BCUT2D eigenvalue weighted by molar-refractivity contribution is -0.124. The summed E-state index contributed by atoms with van der Waals surface area (Å²) in [5.74, 6) is 1.06. The summed E-state index contributed by atoms with van der Waals surface area (Å²) < 4.78 is 0. The maximum absolute atomic E-state index is 11.8. The molecule has 4 nitrogen and oxygen atoms in total. The van der Waals surface area contributed by atoms with Crippen LogP contribution in [0.25, 0.3) is 0 Å². The molecule has 1 fully saturated rings. The predicted octanol–water partition coefficient (Wildman–Crippen LogP) is 1.92. The topological polar surface area (TPSA) is 44.4 Å². The summed E-state index contributed by atoms with van der Waals surface area (Å²) >= 11 is 0. The van der Waals surface area contributed by atoms with Crippen molar-refractivity contribution < 1.29 is 4.79 Å². The highest BCUT2D eigenvalue weighted by atomic mass is 35.5. The SMILES string of the molecule is CNCC(C)C(=O)NCC(C)N1CCC(C)CC1.Cl.Cl. The first-order chi connectivity index (χ1) is 8.54. The Bertz CT molecular complexity index is 259. The number of nitrogens with one attached hydrogen (secondary N) is 2. The van der Waals surface area contributed by atoms with Gasteiger partial charge in [0.15, 0.2) is 0 Å². The molecule has 2 atom stereocenters. The van der Waals surface area contributed by atoms with Crippen molar-refractivity contribution in [3.05, 3.63) is 0 Å². The maximum atomic E-state index is 11.8. The lowest BCUT2D eigenvalue weighted by Gasteiger charge is -2.35. The first-order valence-corrected chi connectivity index (χ1v) is 7.21. The van der Waals surface area contributed by atoms with Gasteiger partial charge in [-0.2, -0.15) is 0 Å². The Labute approximate surface area is 136 Å². The second-order valence-corrected chi connectivity index (χ2v) is 5.77. The van der Waals surface area contributed by atoms with Crippen LogP contribution in [-0.4, -0.2) is 50.1 Å². The Hall–Kier alpha value is -0.0300. The number of likely N-dealkylation sites (tertiary alicyclic amines) is 1. The van der Waals surface area contributed by atoms with Crippen molar-refractivity contribution in [3.63, 3.8) is 0 Å². The van der Waals surface area contributed by atoms with Crippen LogP contribution in [-0.2, 0) is 4.79 Å². The third-order valence-electron chi connectivity index (χ3n) is 3.97. The third kappa shape index (κ3) is 7.67. The van der Waals surface area contributed by atoms with Crippen LogP contribution in [0.1, 0.15) is 33.6 Å². The van der Waals surface area contributed by atoms with Gasteiger partial charge in [-0.1, -0.05) is 13.8 Å². The second-order valence-electron chi connectivity index (χ2n) is 5.77. The fourth-order valence-electron chi connectivity index (χ4n) is 2.42. The highest BCUT2D eigenvalue weighted by Crippen LogP contribution is 2.17. The smallest absolute Gasteiger partial charge is 0.224 e. The summed E-state index contributed by atoms with van der Waals surface area (Å²) in [5, 5.41) is 6.09. The Morgan fingerprint density at radius 2 is 1.75 bits per heavy atom. The predicted molar refractivity (Wildman–Crippen MR) is 90.0 cm³/mol. The minimum atomic E-state index is 0. The van der Waals surface area contributed by atoms with Crippen molar-refractivity contribution in [1.82, 2.24) is 15.5 Å². The molecule has 0 radical (unpaired) electrons. The number of rotatable bonds is 6. The van der Waals surface area contributed by atoms with Crippen LogP contribution in [0.4, 0.5) is 0 Å². The quantitative estimate of drug-likeness (QED) is 0.783. The number of halogens is 2. The van der Waals surface area contributed by atoms with Gasteiger partial charge in [-0.15, -0.1) is 24.8 Å². The molecule has 0 aromatic carbocycles. The molecule has 0 aliphatic carbocycles. The number of carbonyl (C=O) groups excluding carboxylic acids is 1. The van der Waals surface area contributed by atoms with Crippen LogP contribution in [0.2, 0.25) is 0 Å². The van der Waals surface area contributed by atoms with Crippen molar-refractivity contribution in [2.45, 2.75) is 39.7 Å². The summed E-state index contributed by atoms with van der Waals surface area (Å²) in [7, 11) is 1.88. The minimum Gasteiger partial charge on any atom is -0.354 e. The number of carbonyl (C=O) groups is 1. The van der Waals surface area contributed by atoms with E-state index in [1.165, 1.54) is 25.9 Å². The van der Waals surface area contributed by atoms with Gasteiger partial charge in [0.1, 0.15) is 0 Å². The van der Waals surface area contributed by atoms with Crippen LogP contribution < -0.4 is 10.6 Å². The van der Waals surface area contributed by atoms with Crippen LogP contribution >= 0.6 is 24.8 Å². The molecule has 1 aliphatic rings. The molecule has 20 heavy (non-hydrogen) atoms. The van der Waals surface area contributed by atoms with Crippen LogP contribution in [0.5, 0.6) is 0 Å². The number of nitrogens with zero attached hydrogens (tertiary/aromatic N) is 1. The van der Waals surface area contributed by atoms with E-state index in [2.05, 4.69) is 29.4 Å². The second kappa shape index (κ2) is 11.6. The van der Waals surface area contributed by atoms with Crippen LogP contribution in [0.3, 0.4) is 0 Å². The summed E-state index contributed by atoms with van der Waals surface area (Å²) in [6.45, 7) is 10.3. The zero-order valence-corrected chi connectivity index (χ0v) is 14.8. The van der Waals surface area contributed by atoms with Gasteiger partial charge in [0.05, 0.1) is 0 Å². The molecule has 0 saturated carbocycles. The molecule has 1 rings (SSSR count). The van der Waals surface area contributed by atoms with E-state index in [-0.39, 0.29) is 36.6 Å². The molecule has 1 aliphatic heterocycles. The van der Waals surface area contributed by atoms with E-state index in [0.29, 0.717) is 6.04 Å². The molecule has 122 valence electrons. The largest absolute Gasteiger partial charge is 0.354 e. The molecule has 0 bridgehead atoms. The summed E-state index contributed by atoms with van der Waals surface area (Å²) in [6.07, 6.45) is 2.57. The monoisotopic (exact) mass is 327 g/mol. The molecule has 1 heterocycles. The third-order valence-corrected chi connectivity index (χ3v) is 3.97. The normalized spacial score (nSPS) is 19.4. The van der Waals surface area contributed by atoms with E-state index >= 15 is 0 Å². The molecule has 1 saturated heterocycles. The van der Waals surface area contributed by atoms with Crippen molar-refractivity contribution in [1.29, 1.82) is 0 Å². The molecular weight excluding hydrogens is 297 g/mol. The van der Waals surface area contributed by atoms with E-state index in [9.17, 15) is 4.79 Å². The van der Waals surface area contributed by atoms with Crippen molar-refractivity contribution in [2.75, 3.05) is 33.2 Å². The molecule has 0 aromatic rings. The first-order valence-electron chi connectivity index (χ1n) is 7.21. The minimum absolute atomic E-state index is 0. The zero-order valence-electron chi connectivity index (χ0n) is 13.1.